The summed E-state index contributed by atoms with van der Waals surface area (Å²) in [7, 11) is 0. The molecule has 3 nitrogen and oxygen atoms in total. The van der Waals surface area contributed by atoms with E-state index in [4.69, 9.17) is 10.1 Å². The van der Waals surface area contributed by atoms with E-state index in [1.807, 2.05) is 0 Å². The van der Waals surface area contributed by atoms with Crippen LogP contribution in [0.15, 0.2) is 24.3 Å². The maximum atomic E-state index is 12.5. The molecule has 0 saturated carbocycles. The molecule has 0 amide bonds. The lowest BCUT2D eigenvalue weighted by molar-refractivity contribution is 0.190. The van der Waals surface area contributed by atoms with Crippen molar-refractivity contribution in [3.8, 4) is 0 Å². The summed E-state index contributed by atoms with van der Waals surface area (Å²) in [5, 5.41) is 16.9. The Kier molecular flexibility index (Phi) is 5.89. The summed E-state index contributed by atoms with van der Waals surface area (Å²) in [5.74, 6) is -0.594. The quantitative estimate of drug-likeness (QED) is 0.622. The average Bonchev–Trinajstić information content (AvgIpc) is 2.18. The van der Waals surface area contributed by atoms with Gasteiger partial charge in [0.1, 0.15) is 5.82 Å². The zero-order valence-corrected chi connectivity index (χ0v) is 9.05. The summed E-state index contributed by atoms with van der Waals surface area (Å²) < 4.78 is 17.4. The number of aliphatic hydroxyl groups is 1. The standard InChI is InChI=1S/C10H12FNO2.ClH/c1-2-14-10(12)9(13)7-3-5-8(11)6-4-7;/h3-6,9,12-13H,2H2,1H3;1H. The molecule has 5 heteroatoms. The van der Waals surface area contributed by atoms with E-state index in [1.165, 1.54) is 24.3 Å². The van der Waals surface area contributed by atoms with Crippen molar-refractivity contribution in [3.63, 3.8) is 0 Å². The van der Waals surface area contributed by atoms with Gasteiger partial charge in [-0.05, 0) is 24.6 Å². The summed E-state index contributed by atoms with van der Waals surface area (Å²) in [6.07, 6.45) is -1.12. The zero-order valence-electron chi connectivity index (χ0n) is 8.24. The van der Waals surface area contributed by atoms with Crippen molar-refractivity contribution in [2.75, 3.05) is 6.61 Å². The van der Waals surface area contributed by atoms with Crippen molar-refractivity contribution in [1.82, 2.24) is 0 Å². The highest BCUT2D eigenvalue weighted by Gasteiger charge is 2.14. The van der Waals surface area contributed by atoms with Crippen molar-refractivity contribution in [2.24, 2.45) is 0 Å². The molecule has 1 aromatic carbocycles. The Bertz CT molecular complexity index is 316. The van der Waals surface area contributed by atoms with Gasteiger partial charge in [-0.25, -0.2) is 4.39 Å². The van der Waals surface area contributed by atoms with Gasteiger partial charge in [0.25, 0.3) is 0 Å². The minimum absolute atomic E-state index is 0. The second kappa shape index (κ2) is 6.37. The Balaban J connectivity index is 0.00000196. The fraction of sp³-hybridized carbons (Fsp3) is 0.300. The van der Waals surface area contributed by atoms with Crippen molar-refractivity contribution in [1.29, 1.82) is 5.41 Å². The lowest BCUT2D eigenvalue weighted by Gasteiger charge is -2.12. The van der Waals surface area contributed by atoms with Crippen LogP contribution < -0.4 is 0 Å². The van der Waals surface area contributed by atoms with Gasteiger partial charge >= 0.3 is 0 Å². The number of hydrogen-bond donors (Lipinski definition) is 2. The molecule has 0 saturated heterocycles. The maximum absolute atomic E-state index is 12.5. The highest BCUT2D eigenvalue weighted by molar-refractivity contribution is 5.85. The molecule has 0 aromatic heterocycles. The molecule has 1 unspecified atom stereocenters. The van der Waals surface area contributed by atoms with Crippen molar-refractivity contribution >= 4 is 18.3 Å². The maximum Gasteiger partial charge on any atom is 0.214 e. The number of benzene rings is 1. The van der Waals surface area contributed by atoms with Gasteiger partial charge in [0.05, 0.1) is 6.61 Å². The lowest BCUT2D eigenvalue weighted by Crippen LogP contribution is -2.14. The average molecular weight is 234 g/mol. The van der Waals surface area contributed by atoms with E-state index in [9.17, 15) is 9.50 Å². The summed E-state index contributed by atoms with van der Waals surface area (Å²) in [6, 6.07) is 5.32. The van der Waals surface area contributed by atoms with Gasteiger partial charge in [0.15, 0.2) is 6.10 Å². The Morgan fingerprint density at radius 1 is 1.47 bits per heavy atom. The molecule has 0 aliphatic carbocycles. The molecule has 1 rings (SSSR count). The number of rotatable bonds is 3. The van der Waals surface area contributed by atoms with Crippen LogP contribution >= 0.6 is 12.4 Å². The van der Waals surface area contributed by atoms with Gasteiger partial charge < -0.3 is 9.84 Å². The third kappa shape index (κ3) is 3.85. The molecule has 2 N–H and O–H groups in total. The van der Waals surface area contributed by atoms with E-state index in [-0.39, 0.29) is 24.1 Å². The van der Waals surface area contributed by atoms with Gasteiger partial charge in [-0.15, -0.1) is 12.4 Å². The van der Waals surface area contributed by atoms with E-state index >= 15 is 0 Å². The molecule has 0 spiro atoms. The molecular formula is C10H13ClFNO2. The monoisotopic (exact) mass is 233 g/mol. The van der Waals surface area contributed by atoms with Crippen LogP contribution in [0.25, 0.3) is 0 Å². The number of nitrogens with one attached hydrogen (secondary N) is 1. The Morgan fingerprint density at radius 2 is 2.00 bits per heavy atom. The molecule has 0 fully saturated rings. The van der Waals surface area contributed by atoms with E-state index in [1.54, 1.807) is 6.92 Å². The first-order chi connectivity index (χ1) is 6.65. The molecule has 15 heavy (non-hydrogen) atoms. The van der Waals surface area contributed by atoms with Crippen LogP contribution in [0.2, 0.25) is 0 Å². The molecule has 0 aliphatic heterocycles. The molecule has 84 valence electrons. The van der Waals surface area contributed by atoms with Crippen molar-refractivity contribution in [2.45, 2.75) is 13.0 Å². The highest BCUT2D eigenvalue weighted by Crippen LogP contribution is 2.14. The van der Waals surface area contributed by atoms with Crippen LogP contribution in [0.4, 0.5) is 4.39 Å². The van der Waals surface area contributed by atoms with Crippen molar-refractivity contribution in [3.05, 3.63) is 35.6 Å². The Hall–Kier alpha value is -1.13. The smallest absolute Gasteiger partial charge is 0.214 e. The summed E-state index contributed by atoms with van der Waals surface area (Å²) in [4.78, 5) is 0. The minimum Gasteiger partial charge on any atom is -0.479 e. The summed E-state index contributed by atoms with van der Waals surface area (Å²) in [5.41, 5.74) is 0.449. The van der Waals surface area contributed by atoms with Gasteiger partial charge in [0, 0.05) is 0 Å². The normalized spacial score (nSPS) is 11.4. The van der Waals surface area contributed by atoms with Gasteiger partial charge in [0.2, 0.25) is 5.90 Å². The largest absolute Gasteiger partial charge is 0.479 e. The van der Waals surface area contributed by atoms with Crippen LogP contribution in [-0.2, 0) is 4.74 Å². The number of halogens is 2. The van der Waals surface area contributed by atoms with Crippen molar-refractivity contribution < 1.29 is 14.2 Å². The Labute approximate surface area is 93.8 Å². The van der Waals surface area contributed by atoms with E-state index in [2.05, 4.69) is 0 Å². The van der Waals surface area contributed by atoms with E-state index < -0.39 is 6.10 Å². The van der Waals surface area contributed by atoms with E-state index in [0.717, 1.165) is 0 Å². The molecule has 1 aromatic rings. The van der Waals surface area contributed by atoms with Crippen LogP contribution in [-0.4, -0.2) is 17.6 Å². The minimum atomic E-state index is -1.12. The first kappa shape index (κ1) is 13.9. The third-order valence-electron chi connectivity index (χ3n) is 1.73. The van der Waals surface area contributed by atoms with Gasteiger partial charge in [-0.2, -0.15) is 0 Å². The summed E-state index contributed by atoms with van der Waals surface area (Å²) in [6.45, 7) is 2.06. The highest BCUT2D eigenvalue weighted by atomic mass is 35.5. The molecular weight excluding hydrogens is 221 g/mol. The lowest BCUT2D eigenvalue weighted by atomic mass is 10.1. The van der Waals surface area contributed by atoms with Gasteiger partial charge in [-0.1, -0.05) is 12.1 Å². The van der Waals surface area contributed by atoms with Crippen LogP contribution in [0, 0.1) is 11.2 Å². The Morgan fingerprint density at radius 3 is 2.47 bits per heavy atom. The molecule has 1 atom stereocenters. The predicted molar refractivity (Wildman–Crippen MR) is 58.0 cm³/mol. The van der Waals surface area contributed by atoms with Crippen LogP contribution in [0.5, 0.6) is 0 Å². The first-order valence-corrected chi connectivity index (χ1v) is 4.30. The SMILES string of the molecule is CCOC(=N)C(O)c1ccc(F)cc1.Cl. The summed E-state index contributed by atoms with van der Waals surface area (Å²) >= 11 is 0. The fourth-order valence-corrected chi connectivity index (χ4v) is 1.03. The molecule has 0 bridgehead atoms. The predicted octanol–water partition coefficient (Wildman–Crippen LogP) is 2.29. The van der Waals surface area contributed by atoms with Crippen LogP contribution in [0.1, 0.15) is 18.6 Å². The second-order valence-electron chi connectivity index (χ2n) is 2.75. The van der Waals surface area contributed by atoms with E-state index in [0.29, 0.717) is 12.2 Å². The molecule has 0 aliphatic rings. The first-order valence-electron chi connectivity index (χ1n) is 4.30. The second-order valence-corrected chi connectivity index (χ2v) is 2.75. The zero-order chi connectivity index (χ0) is 10.6. The van der Waals surface area contributed by atoms with Crippen LogP contribution in [0.3, 0.4) is 0 Å². The number of aliphatic hydroxyl groups excluding tert-OH is 1. The topological polar surface area (TPSA) is 53.3 Å². The third-order valence-corrected chi connectivity index (χ3v) is 1.73. The molecule has 0 heterocycles. The molecule has 0 radical (unpaired) electrons. The number of ether oxygens (including phenoxy) is 1. The number of hydrogen-bond acceptors (Lipinski definition) is 3. The fourth-order valence-electron chi connectivity index (χ4n) is 1.03. The van der Waals surface area contributed by atoms with Gasteiger partial charge in [-0.3, -0.25) is 5.41 Å².